The molecule has 1 saturated heterocycles. The van der Waals surface area contributed by atoms with E-state index < -0.39 is 0 Å². The minimum Gasteiger partial charge on any atom is -0.451 e. The SMILES string of the molecule is O=C(Nc1cccc(Cl)c1N1CCCC1)c1ccc(-c2cc(Cl)ccc2Cl)o1. The summed E-state index contributed by atoms with van der Waals surface area (Å²) < 4.78 is 5.73. The summed E-state index contributed by atoms with van der Waals surface area (Å²) in [7, 11) is 0. The predicted octanol–water partition coefficient (Wildman–Crippen LogP) is 6.76. The van der Waals surface area contributed by atoms with Crippen LogP contribution in [0.5, 0.6) is 0 Å². The van der Waals surface area contributed by atoms with Crippen LogP contribution in [0, 0.1) is 0 Å². The van der Waals surface area contributed by atoms with Crippen LogP contribution in [0.4, 0.5) is 11.4 Å². The number of nitrogens with zero attached hydrogens (tertiary/aromatic N) is 1. The molecule has 28 heavy (non-hydrogen) atoms. The molecule has 1 amide bonds. The Labute approximate surface area is 178 Å². The highest BCUT2D eigenvalue weighted by Gasteiger charge is 2.21. The molecule has 1 aromatic heterocycles. The summed E-state index contributed by atoms with van der Waals surface area (Å²) in [5.74, 6) is 0.300. The Morgan fingerprint density at radius 3 is 2.54 bits per heavy atom. The van der Waals surface area contributed by atoms with E-state index in [4.69, 9.17) is 39.2 Å². The lowest BCUT2D eigenvalue weighted by Crippen LogP contribution is -2.21. The second kappa shape index (κ2) is 8.08. The smallest absolute Gasteiger partial charge is 0.291 e. The molecule has 3 aromatic rings. The van der Waals surface area contributed by atoms with Gasteiger partial charge in [0, 0.05) is 23.7 Å². The van der Waals surface area contributed by atoms with Crippen molar-refractivity contribution in [2.45, 2.75) is 12.8 Å². The number of halogens is 3. The molecule has 1 fully saturated rings. The normalized spacial score (nSPS) is 13.8. The molecule has 2 aromatic carbocycles. The third-order valence-corrected chi connectivity index (χ3v) is 5.55. The van der Waals surface area contributed by atoms with Crippen molar-refractivity contribution in [1.29, 1.82) is 0 Å². The maximum atomic E-state index is 12.8. The lowest BCUT2D eigenvalue weighted by atomic mass is 10.2. The van der Waals surface area contributed by atoms with E-state index in [1.807, 2.05) is 18.2 Å². The Bertz CT molecular complexity index is 1030. The summed E-state index contributed by atoms with van der Waals surface area (Å²) in [6.07, 6.45) is 2.22. The summed E-state index contributed by atoms with van der Waals surface area (Å²) in [6.45, 7) is 1.84. The fraction of sp³-hybridized carbons (Fsp3) is 0.190. The number of benzene rings is 2. The Kier molecular flexibility index (Phi) is 5.54. The van der Waals surface area contributed by atoms with Crippen molar-refractivity contribution >= 4 is 52.1 Å². The van der Waals surface area contributed by atoms with Crippen LogP contribution < -0.4 is 10.2 Å². The van der Waals surface area contributed by atoms with E-state index in [2.05, 4.69) is 10.2 Å². The van der Waals surface area contributed by atoms with Gasteiger partial charge in [-0.05, 0) is 55.3 Å². The number of carbonyl (C=O) groups excluding carboxylic acids is 1. The first-order valence-corrected chi connectivity index (χ1v) is 10.1. The van der Waals surface area contributed by atoms with Crippen molar-refractivity contribution in [3.63, 3.8) is 0 Å². The van der Waals surface area contributed by atoms with E-state index in [-0.39, 0.29) is 11.7 Å². The van der Waals surface area contributed by atoms with E-state index in [1.165, 1.54) is 0 Å². The lowest BCUT2D eigenvalue weighted by Gasteiger charge is -2.22. The van der Waals surface area contributed by atoms with E-state index in [0.717, 1.165) is 31.6 Å². The molecule has 1 N–H and O–H groups in total. The Hall–Kier alpha value is -2.14. The van der Waals surface area contributed by atoms with Gasteiger partial charge in [-0.3, -0.25) is 4.79 Å². The molecule has 0 saturated carbocycles. The number of furan rings is 1. The minimum absolute atomic E-state index is 0.179. The van der Waals surface area contributed by atoms with Crippen LogP contribution in [0.1, 0.15) is 23.4 Å². The first kappa shape index (κ1) is 19.2. The van der Waals surface area contributed by atoms with Crippen molar-refractivity contribution in [1.82, 2.24) is 0 Å². The van der Waals surface area contributed by atoms with Crippen LogP contribution in [-0.2, 0) is 0 Å². The largest absolute Gasteiger partial charge is 0.451 e. The van der Waals surface area contributed by atoms with Crippen LogP contribution in [0.3, 0.4) is 0 Å². The zero-order valence-corrected chi connectivity index (χ0v) is 17.1. The van der Waals surface area contributed by atoms with Gasteiger partial charge in [-0.1, -0.05) is 40.9 Å². The molecular formula is C21H17Cl3N2O2. The van der Waals surface area contributed by atoms with E-state index in [0.29, 0.717) is 32.1 Å². The van der Waals surface area contributed by atoms with Gasteiger partial charge < -0.3 is 14.6 Å². The first-order valence-electron chi connectivity index (χ1n) is 8.93. The van der Waals surface area contributed by atoms with Gasteiger partial charge in [0.1, 0.15) is 5.76 Å². The van der Waals surface area contributed by atoms with Gasteiger partial charge in [0.05, 0.1) is 21.4 Å². The molecule has 144 valence electrons. The summed E-state index contributed by atoms with van der Waals surface area (Å²) >= 11 is 18.7. The zero-order valence-electron chi connectivity index (χ0n) is 14.8. The van der Waals surface area contributed by atoms with E-state index >= 15 is 0 Å². The maximum absolute atomic E-state index is 12.8. The van der Waals surface area contributed by atoms with Gasteiger partial charge in [0.25, 0.3) is 5.91 Å². The molecule has 0 unspecified atom stereocenters. The van der Waals surface area contributed by atoms with Gasteiger partial charge in [0.2, 0.25) is 0 Å². The van der Waals surface area contributed by atoms with Gasteiger partial charge in [-0.2, -0.15) is 0 Å². The average molecular weight is 436 g/mol. The summed E-state index contributed by atoms with van der Waals surface area (Å²) in [4.78, 5) is 15.0. The lowest BCUT2D eigenvalue weighted by molar-refractivity contribution is 0.0997. The number of hydrogen-bond donors (Lipinski definition) is 1. The van der Waals surface area contributed by atoms with E-state index in [1.54, 1.807) is 30.3 Å². The van der Waals surface area contributed by atoms with Crippen LogP contribution >= 0.6 is 34.8 Å². The van der Waals surface area contributed by atoms with Crippen LogP contribution in [-0.4, -0.2) is 19.0 Å². The Balaban J connectivity index is 1.60. The standard InChI is InChI=1S/C21H17Cl3N2O2/c22-13-6-7-15(23)14(12-13)18-8-9-19(28-18)21(27)25-17-5-3-4-16(24)20(17)26-10-1-2-11-26/h3-9,12H,1-2,10-11H2,(H,25,27). The summed E-state index contributed by atoms with van der Waals surface area (Å²) in [6, 6.07) is 13.9. The fourth-order valence-corrected chi connectivity index (χ4v) is 4.03. The van der Waals surface area contributed by atoms with Crippen LogP contribution in [0.2, 0.25) is 15.1 Å². The average Bonchev–Trinajstić information content (AvgIpc) is 3.36. The van der Waals surface area contributed by atoms with Crippen molar-refractivity contribution in [3.05, 3.63) is 69.4 Å². The Morgan fingerprint density at radius 1 is 0.964 bits per heavy atom. The van der Waals surface area contributed by atoms with E-state index in [9.17, 15) is 4.79 Å². The number of carbonyl (C=O) groups is 1. The number of nitrogens with one attached hydrogen (secondary N) is 1. The fourth-order valence-electron chi connectivity index (χ4n) is 3.35. The maximum Gasteiger partial charge on any atom is 0.291 e. The quantitative estimate of drug-likeness (QED) is 0.492. The summed E-state index contributed by atoms with van der Waals surface area (Å²) in [5.41, 5.74) is 2.14. The molecule has 4 rings (SSSR count). The first-order chi connectivity index (χ1) is 13.5. The highest BCUT2D eigenvalue weighted by Crippen LogP contribution is 2.37. The van der Waals surface area contributed by atoms with Crippen LogP contribution in [0.15, 0.2) is 52.9 Å². The second-order valence-electron chi connectivity index (χ2n) is 6.57. The molecule has 0 radical (unpaired) electrons. The third-order valence-electron chi connectivity index (χ3n) is 4.68. The number of anilines is 2. The molecule has 7 heteroatoms. The molecule has 0 atom stereocenters. The molecule has 0 bridgehead atoms. The van der Waals surface area contributed by atoms with Crippen molar-refractivity contribution in [2.75, 3.05) is 23.3 Å². The number of rotatable bonds is 4. The minimum atomic E-state index is -0.355. The zero-order chi connectivity index (χ0) is 19.7. The van der Waals surface area contributed by atoms with Crippen molar-refractivity contribution in [2.24, 2.45) is 0 Å². The third kappa shape index (κ3) is 3.86. The number of para-hydroxylation sites is 1. The van der Waals surface area contributed by atoms with Crippen LogP contribution in [0.25, 0.3) is 11.3 Å². The molecule has 1 aliphatic rings. The number of hydrogen-bond acceptors (Lipinski definition) is 3. The molecular weight excluding hydrogens is 419 g/mol. The van der Waals surface area contributed by atoms with Crippen molar-refractivity contribution < 1.29 is 9.21 Å². The predicted molar refractivity (Wildman–Crippen MR) is 115 cm³/mol. The molecule has 0 aliphatic carbocycles. The monoisotopic (exact) mass is 434 g/mol. The van der Waals surface area contributed by atoms with Crippen molar-refractivity contribution in [3.8, 4) is 11.3 Å². The topological polar surface area (TPSA) is 45.5 Å². The van der Waals surface area contributed by atoms with Gasteiger partial charge in [-0.25, -0.2) is 0 Å². The molecule has 4 nitrogen and oxygen atoms in total. The second-order valence-corrected chi connectivity index (χ2v) is 7.82. The van der Waals surface area contributed by atoms with Gasteiger partial charge in [0.15, 0.2) is 5.76 Å². The Morgan fingerprint density at radius 2 is 1.75 bits per heavy atom. The molecule has 2 heterocycles. The van der Waals surface area contributed by atoms with Gasteiger partial charge in [-0.15, -0.1) is 0 Å². The molecule has 0 spiro atoms. The molecule has 1 aliphatic heterocycles. The van der Waals surface area contributed by atoms with Gasteiger partial charge >= 0.3 is 0 Å². The summed E-state index contributed by atoms with van der Waals surface area (Å²) in [5, 5.41) is 4.57. The number of amides is 1. The highest BCUT2D eigenvalue weighted by molar-refractivity contribution is 6.35. The highest BCUT2D eigenvalue weighted by atomic mass is 35.5.